The fourth-order valence-corrected chi connectivity index (χ4v) is 5.85. The van der Waals surface area contributed by atoms with E-state index >= 15 is 0 Å². The van der Waals surface area contributed by atoms with Gasteiger partial charge in [0, 0.05) is 47.1 Å². The highest BCUT2D eigenvalue weighted by Crippen LogP contribution is 2.44. The first-order valence-electron chi connectivity index (χ1n) is 16.6. The van der Waals surface area contributed by atoms with Gasteiger partial charge < -0.3 is 19.3 Å². The van der Waals surface area contributed by atoms with Gasteiger partial charge in [0.1, 0.15) is 11.5 Å². The van der Waals surface area contributed by atoms with Crippen LogP contribution in [0.4, 0.5) is 5.69 Å². The minimum absolute atomic E-state index is 0.00471. The number of hydrazine groups is 1. The standard InChI is InChI=1S/C37H39N9O5/c1-2-49-33-15-8-5-10-26(33)20-21-40-44-36(48)37(24-28-11-4-7-14-32(28)43-46-39)34(31-13-6-3-12-29(31)25-41-45-38)51-35(42-37)27-16-18-30(19-17-27)50-23-9-22-47/h3-8,10-19,34,40,47H,2,9,20-25H2,1H3,(H,44,48)/t34-,37-/m0/s1. The molecule has 262 valence electrons. The molecule has 0 spiro atoms. The van der Waals surface area contributed by atoms with Crippen LogP contribution < -0.4 is 20.3 Å². The summed E-state index contributed by atoms with van der Waals surface area (Å²) >= 11 is 0. The van der Waals surface area contributed by atoms with Crippen molar-refractivity contribution in [3.63, 3.8) is 0 Å². The molecule has 0 aromatic heterocycles. The van der Waals surface area contributed by atoms with Crippen LogP contribution in [0.1, 0.15) is 47.3 Å². The van der Waals surface area contributed by atoms with Gasteiger partial charge >= 0.3 is 0 Å². The lowest BCUT2D eigenvalue weighted by Crippen LogP contribution is -2.54. The van der Waals surface area contributed by atoms with Crippen molar-refractivity contribution in [1.29, 1.82) is 0 Å². The first kappa shape index (κ1) is 36.2. The van der Waals surface area contributed by atoms with Crippen molar-refractivity contribution in [3.8, 4) is 11.5 Å². The molecule has 0 aliphatic carbocycles. The molecular formula is C37H39N9O5. The average Bonchev–Trinajstić information content (AvgIpc) is 3.54. The zero-order valence-corrected chi connectivity index (χ0v) is 28.2. The van der Waals surface area contributed by atoms with Crippen molar-refractivity contribution in [3.05, 3.63) is 146 Å². The Morgan fingerprint density at radius 2 is 1.67 bits per heavy atom. The number of benzene rings is 4. The van der Waals surface area contributed by atoms with Gasteiger partial charge in [0.05, 0.1) is 19.8 Å². The van der Waals surface area contributed by atoms with E-state index in [2.05, 4.69) is 30.9 Å². The van der Waals surface area contributed by atoms with Crippen molar-refractivity contribution in [1.82, 2.24) is 10.9 Å². The van der Waals surface area contributed by atoms with E-state index in [0.717, 1.165) is 11.3 Å². The van der Waals surface area contributed by atoms with E-state index in [0.29, 0.717) is 66.3 Å². The first-order chi connectivity index (χ1) is 25.0. The number of nitrogens with zero attached hydrogens (tertiary/aromatic N) is 7. The number of aliphatic hydroxyl groups excluding tert-OH is 1. The summed E-state index contributed by atoms with van der Waals surface area (Å²) in [5.41, 5.74) is 26.6. The molecule has 1 amide bonds. The summed E-state index contributed by atoms with van der Waals surface area (Å²) in [6.45, 7) is 3.24. The number of aliphatic hydroxyl groups is 1. The minimum atomic E-state index is -1.63. The smallest absolute Gasteiger partial charge is 0.266 e. The molecule has 4 aromatic carbocycles. The lowest BCUT2D eigenvalue weighted by Gasteiger charge is -2.32. The van der Waals surface area contributed by atoms with Gasteiger partial charge in [0.15, 0.2) is 11.6 Å². The Morgan fingerprint density at radius 3 is 2.41 bits per heavy atom. The van der Waals surface area contributed by atoms with Crippen molar-refractivity contribution in [2.45, 2.75) is 44.4 Å². The van der Waals surface area contributed by atoms with Crippen LogP contribution >= 0.6 is 0 Å². The van der Waals surface area contributed by atoms with E-state index in [1.54, 1.807) is 48.5 Å². The number of carbonyl (C=O) groups excluding carboxylic acids is 1. The van der Waals surface area contributed by atoms with E-state index < -0.39 is 17.6 Å². The zero-order valence-electron chi connectivity index (χ0n) is 28.2. The fraction of sp³-hybridized carbons (Fsp3) is 0.297. The number of nitrogens with one attached hydrogen (secondary N) is 2. The number of rotatable bonds is 18. The van der Waals surface area contributed by atoms with Crippen LogP contribution in [0.2, 0.25) is 0 Å². The lowest BCUT2D eigenvalue weighted by molar-refractivity contribution is -0.130. The maximum atomic E-state index is 14.7. The second-order valence-corrected chi connectivity index (χ2v) is 11.5. The molecule has 5 rings (SSSR count). The quantitative estimate of drug-likeness (QED) is 0.0331. The molecule has 0 saturated carbocycles. The van der Waals surface area contributed by atoms with Crippen molar-refractivity contribution in [2.24, 2.45) is 15.2 Å². The molecule has 3 N–H and O–H groups in total. The highest BCUT2D eigenvalue weighted by atomic mass is 16.5. The molecule has 0 unspecified atom stereocenters. The largest absolute Gasteiger partial charge is 0.494 e. The second kappa shape index (κ2) is 18.1. The number of amides is 1. The van der Waals surface area contributed by atoms with Crippen molar-refractivity contribution in [2.75, 3.05) is 26.4 Å². The third-order valence-corrected chi connectivity index (χ3v) is 8.27. The van der Waals surface area contributed by atoms with Gasteiger partial charge in [-0.25, -0.2) is 10.4 Å². The highest BCUT2D eigenvalue weighted by Gasteiger charge is 2.54. The maximum absolute atomic E-state index is 14.7. The number of para-hydroxylation sites is 1. The highest BCUT2D eigenvalue weighted by molar-refractivity contribution is 6.01. The summed E-state index contributed by atoms with van der Waals surface area (Å²) in [5.74, 6) is 1.10. The first-order valence-corrected chi connectivity index (χ1v) is 16.6. The molecule has 0 fully saturated rings. The van der Waals surface area contributed by atoms with Crippen LogP contribution in [0, 0.1) is 0 Å². The number of hydrogen-bond acceptors (Lipinski definition) is 9. The molecule has 1 aliphatic rings. The summed E-state index contributed by atoms with van der Waals surface area (Å²) in [5, 5.41) is 16.8. The zero-order chi connectivity index (χ0) is 35.9. The second-order valence-electron chi connectivity index (χ2n) is 11.5. The van der Waals surface area contributed by atoms with E-state index in [1.807, 2.05) is 55.5 Å². The predicted molar refractivity (Wildman–Crippen MR) is 192 cm³/mol. The number of carbonyl (C=O) groups is 1. The maximum Gasteiger partial charge on any atom is 0.266 e. The summed E-state index contributed by atoms with van der Waals surface area (Å²) < 4.78 is 18.1. The Kier molecular flexibility index (Phi) is 12.9. The molecule has 1 aliphatic heterocycles. The average molecular weight is 690 g/mol. The van der Waals surface area contributed by atoms with Crippen LogP contribution in [0.15, 0.2) is 112 Å². The molecular weight excluding hydrogens is 650 g/mol. The van der Waals surface area contributed by atoms with Crippen LogP contribution in [-0.2, 0) is 28.9 Å². The molecule has 0 radical (unpaired) electrons. The van der Waals surface area contributed by atoms with Crippen LogP contribution in [0.25, 0.3) is 20.9 Å². The van der Waals surface area contributed by atoms with E-state index in [4.69, 9.17) is 29.8 Å². The lowest BCUT2D eigenvalue weighted by atomic mass is 9.80. The number of hydrogen-bond donors (Lipinski definition) is 3. The summed E-state index contributed by atoms with van der Waals surface area (Å²) in [7, 11) is 0. The molecule has 14 nitrogen and oxygen atoms in total. The summed E-state index contributed by atoms with van der Waals surface area (Å²) in [4.78, 5) is 25.7. The van der Waals surface area contributed by atoms with Crippen LogP contribution in [0.5, 0.6) is 11.5 Å². The molecule has 14 heteroatoms. The number of ether oxygens (including phenoxy) is 3. The third kappa shape index (κ3) is 8.96. The topological polar surface area (TPSA) is 199 Å². The van der Waals surface area contributed by atoms with Gasteiger partial charge in [-0.3, -0.25) is 10.2 Å². The molecule has 1 heterocycles. The monoisotopic (exact) mass is 689 g/mol. The van der Waals surface area contributed by atoms with E-state index in [1.165, 1.54) is 0 Å². The van der Waals surface area contributed by atoms with Crippen molar-refractivity contribution >= 4 is 17.5 Å². The molecule has 0 bridgehead atoms. The van der Waals surface area contributed by atoms with E-state index in [9.17, 15) is 10.3 Å². The van der Waals surface area contributed by atoms with Gasteiger partial charge in [-0.15, -0.1) is 0 Å². The van der Waals surface area contributed by atoms with Crippen LogP contribution in [-0.4, -0.2) is 48.8 Å². The molecule has 0 saturated heterocycles. The SMILES string of the molecule is CCOc1ccccc1CCNNC(=O)[C@@]1(Cc2ccccc2N=[N+]=[N-])N=C(c2ccc(OCCCO)cc2)O[C@H]1c1ccccc1CN=[N+]=[N-]. The van der Waals surface area contributed by atoms with Gasteiger partial charge in [-0.05, 0) is 77.0 Å². The summed E-state index contributed by atoms with van der Waals surface area (Å²) in [6, 6.07) is 29.1. The van der Waals surface area contributed by atoms with Gasteiger partial charge in [0.25, 0.3) is 5.91 Å². The van der Waals surface area contributed by atoms with Crippen LogP contribution in [0.3, 0.4) is 0 Å². The van der Waals surface area contributed by atoms with Gasteiger partial charge in [0.2, 0.25) is 5.90 Å². The Bertz CT molecular complexity index is 1920. The summed E-state index contributed by atoms with van der Waals surface area (Å²) in [6.07, 6.45) is 0.0724. The predicted octanol–water partition coefficient (Wildman–Crippen LogP) is 6.96. The van der Waals surface area contributed by atoms with Gasteiger partial charge in [-0.2, -0.15) is 0 Å². The molecule has 51 heavy (non-hydrogen) atoms. The Hall–Kier alpha value is -6.04. The molecule has 2 atom stereocenters. The molecule has 4 aromatic rings. The minimum Gasteiger partial charge on any atom is -0.494 e. The Labute approximate surface area is 295 Å². The van der Waals surface area contributed by atoms with Crippen molar-refractivity contribution < 1.29 is 24.1 Å². The van der Waals surface area contributed by atoms with E-state index in [-0.39, 0.29) is 25.5 Å². The Balaban J connectivity index is 1.56. The fourth-order valence-electron chi connectivity index (χ4n) is 5.85. The normalized spacial score (nSPS) is 16.2. The number of azide groups is 2. The third-order valence-electron chi connectivity index (χ3n) is 8.27. The number of aliphatic imine (C=N–C) groups is 1. The Morgan fingerprint density at radius 1 is 0.941 bits per heavy atom. The van der Waals surface area contributed by atoms with Gasteiger partial charge in [-0.1, -0.05) is 77.0 Å².